The van der Waals surface area contributed by atoms with E-state index in [-0.39, 0.29) is 22.7 Å². The molecule has 5 rings (SSSR count). The molecule has 0 radical (unpaired) electrons. The maximum absolute atomic E-state index is 13.8. The van der Waals surface area contributed by atoms with Gasteiger partial charge in [0.2, 0.25) is 0 Å². The summed E-state index contributed by atoms with van der Waals surface area (Å²) in [4.78, 5) is 37.8. The monoisotopic (exact) mass is 505 g/mol. The number of esters is 1. The highest BCUT2D eigenvalue weighted by Gasteiger charge is 2.39. The number of amides is 1. The Balaban J connectivity index is 1.54. The molecule has 0 aliphatic carbocycles. The fourth-order valence-corrected chi connectivity index (χ4v) is 5.25. The van der Waals surface area contributed by atoms with Crippen molar-refractivity contribution in [1.82, 2.24) is 20.1 Å². The largest absolute Gasteiger partial charge is 0.466 e. The van der Waals surface area contributed by atoms with Crippen LogP contribution in [0, 0.1) is 5.82 Å². The molecule has 0 bridgehead atoms. The lowest BCUT2D eigenvalue weighted by Gasteiger charge is -2.37. The molecule has 3 aliphatic heterocycles. The zero-order valence-electron chi connectivity index (χ0n) is 18.2. The number of rotatable bonds is 5. The summed E-state index contributed by atoms with van der Waals surface area (Å²) in [5.41, 5.74) is 1.37. The molecule has 2 atom stereocenters. The minimum absolute atomic E-state index is 0.0403. The summed E-state index contributed by atoms with van der Waals surface area (Å²) in [6.07, 6.45) is 1.37. The lowest BCUT2D eigenvalue weighted by molar-refractivity contribution is -0.136. The maximum atomic E-state index is 13.8. The van der Waals surface area contributed by atoms with Gasteiger partial charge in [0, 0.05) is 54.0 Å². The number of piperazine rings is 1. The molecule has 0 saturated carbocycles. The van der Waals surface area contributed by atoms with Crippen molar-refractivity contribution in [3.63, 3.8) is 0 Å². The van der Waals surface area contributed by atoms with Crippen molar-refractivity contribution in [3.05, 3.63) is 62.5 Å². The number of carbonyl (C=O) groups excluding carboxylic acids is 2. The number of carbonyl (C=O) groups is 2. The van der Waals surface area contributed by atoms with Gasteiger partial charge in [0.15, 0.2) is 10.8 Å². The zero-order chi connectivity index (χ0) is 23.8. The molecular weight excluding hydrogens is 485 g/mol. The van der Waals surface area contributed by atoms with Gasteiger partial charge < -0.3 is 14.8 Å². The third-order valence-electron chi connectivity index (χ3n) is 6.01. The molecule has 1 aromatic carbocycles. The summed E-state index contributed by atoms with van der Waals surface area (Å²) in [6, 6.07) is 3.15. The van der Waals surface area contributed by atoms with Crippen molar-refractivity contribution in [3.8, 4) is 0 Å². The summed E-state index contributed by atoms with van der Waals surface area (Å²) in [6.45, 7) is 2.45. The molecule has 4 heterocycles. The number of halogens is 2. The van der Waals surface area contributed by atoms with Crippen molar-refractivity contribution in [2.24, 2.45) is 4.99 Å². The number of hydrogen-bond acceptors (Lipinski definition) is 9. The fraction of sp³-hybridized carbons (Fsp3) is 0.364. The Hall–Kier alpha value is -3.02. The highest BCUT2D eigenvalue weighted by atomic mass is 35.5. The predicted molar refractivity (Wildman–Crippen MR) is 123 cm³/mol. The number of hydrogen-bond donors (Lipinski definition) is 1. The molecule has 1 aromatic heterocycles. The van der Waals surface area contributed by atoms with E-state index in [0.717, 1.165) is 0 Å². The van der Waals surface area contributed by atoms with Crippen LogP contribution < -0.4 is 5.32 Å². The summed E-state index contributed by atoms with van der Waals surface area (Å²) in [7, 11) is 1.30. The summed E-state index contributed by atoms with van der Waals surface area (Å²) < 4.78 is 24.0. The Labute approximate surface area is 203 Å². The van der Waals surface area contributed by atoms with E-state index in [2.05, 4.69) is 15.2 Å². The number of fused-ring (bicyclic) bond motifs is 1. The Bertz CT molecular complexity index is 1190. The molecule has 2 aromatic rings. The van der Waals surface area contributed by atoms with E-state index in [1.807, 2.05) is 5.38 Å². The van der Waals surface area contributed by atoms with Crippen LogP contribution >= 0.6 is 22.9 Å². The van der Waals surface area contributed by atoms with E-state index < -0.39 is 17.8 Å². The first kappa shape index (κ1) is 22.8. The molecule has 0 unspecified atom stereocenters. The molecule has 12 heteroatoms. The first-order valence-electron chi connectivity index (χ1n) is 10.6. The molecule has 3 aliphatic rings. The number of aliphatic imine (C=N–C) groups is 1. The van der Waals surface area contributed by atoms with Crippen molar-refractivity contribution >= 4 is 40.8 Å². The van der Waals surface area contributed by atoms with Crippen LogP contribution in [-0.4, -0.2) is 78.6 Å². The lowest BCUT2D eigenvalue weighted by atomic mass is 9.95. The van der Waals surface area contributed by atoms with E-state index in [9.17, 15) is 14.0 Å². The second-order valence-electron chi connectivity index (χ2n) is 8.05. The molecule has 1 N–H and O–H groups in total. The third kappa shape index (κ3) is 4.26. The average Bonchev–Trinajstić information content (AvgIpc) is 3.49. The summed E-state index contributed by atoms with van der Waals surface area (Å²) in [5, 5.41) is 5.90. The smallest absolute Gasteiger partial charge is 0.410 e. The second kappa shape index (κ2) is 9.32. The van der Waals surface area contributed by atoms with Crippen LogP contribution in [0.4, 0.5) is 9.18 Å². The van der Waals surface area contributed by atoms with Crippen LogP contribution in [0.2, 0.25) is 5.02 Å². The molecule has 34 heavy (non-hydrogen) atoms. The topological polar surface area (TPSA) is 96.4 Å². The average molecular weight is 506 g/mol. The first-order valence-corrected chi connectivity index (χ1v) is 11.9. The summed E-state index contributed by atoms with van der Waals surface area (Å²) in [5.74, 6) is -0.560. The highest BCUT2D eigenvalue weighted by molar-refractivity contribution is 7.11. The van der Waals surface area contributed by atoms with Gasteiger partial charge >= 0.3 is 12.1 Å². The number of amidine groups is 1. The van der Waals surface area contributed by atoms with Gasteiger partial charge in [-0.1, -0.05) is 17.7 Å². The highest BCUT2D eigenvalue weighted by Crippen LogP contribution is 2.37. The lowest BCUT2D eigenvalue weighted by Crippen LogP contribution is -2.53. The van der Waals surface area contributed by atoms with E-state index in [0.29, 0.717) is 54.9 Å². The van der Waals surface area contributed by atoms with Crippen molar-refractivity contribution < 1.29 is 23.5 Å². The molecule has 178 valence electrons. The number of nitrogens with zero attached hydrogens (tertiary/aromatic N) is 4. The fourth-order valence-electron chi connectivity index (χ4n) is 4.39. The second-order valence-corrected chi connectivity index (χ2v) is 9.35. The van der Waals surface area contributed by atoms with Crippen LogP contribution in [0.5, 0.6) is 0 Å². The van der Waals surface area contributed by atoms with Crippen LogP contribution in [0.15, 0.2) is 46.0 Å². The number of methoxy groups -OCH3 is 1. The van der Waals surface area contributed by atoms with Gasteiger partial charge in [-0.25, -0.2) is 19.0 Å². The SMILES string of the molecule is COC(=O)C1=C(CN2CCN3C(=O)OC[C@H]3C2)NC(c2nccs2)=N[C@H]1c1ccc(F)cc1Cl. The van der Waals surface area contributed by atoms with Crippen LogP contribution in [-0.2, 0) is 14.3 Å². The van der Waals surface area contributed by atoms with Crippen LogP contribution in [0.3, 0.4) is 0 Å². The Kier molecular flexibility index (Phi) is 6.24. The molecular formula is C22H21ClFN5O4S. The van der Waals surface area contributed by atoms with Gasteiger partial charge in [-0.05, 0) is 12.1 Å². The number of nitrogens with one attached hydrogen (secondary N) is 1. The van der Waals surface area contributed by atoms with E-state index in [1.165, 1.54) is 36.6 Å². The van der Waals surface area contributed by atoms with Crippen molar-refractivity contribution in [2.75, 3.05) is 39.9 Å². The van der Waals surface area contributed by atoms with Crippen LogP contribution in [0.25, 0.3) is 0 Å². The quantitative estimate of drug-likeness (QED) is 0.624. The standard InChI is InChI=1S/C22H21ClFN5O4S/c1-32-21(30)17-16(10-28-5-6-29-13(9-28)11-33-22(29)31)26-19(20-25-4-7-34-20)27-18(17)14-3-2-12(24)8-15(14)23/h2-4,7-8,13,18H,5-6,9-11H2,1H3,(H,26,27)/t13-,18+/m1/s1. The molecule has 2 saturated heterocycles. The minimum Gasteiger partial charge on any atom is -0.466 e. The molecule has 2 fully saturated rings. The Morgan fingerprint density at radius 2 is 2.26 bits per heavy atom. The maximum Gasteiger partial charge on any atom is 0.410 e. The van der Waals surface area contributed by atoms with Gasteiger partial charge in [-0.2, -0.15) is 0 Å². The van der Waals surface area contributed by atoms with E-state index in [4.69, 9.17) is 26.1 Å². The summed E-state index contributed by atoms with van der Waals surface area (Å²) >= 11 is 7.78. The van der Waals surface area contributed by atoms with Gasteiger partial charge in [0.05, 0.1) is 18.7 Å². The van der Waals surface area contributed by atoms with Crippen molar-refractivity contribution in [2.45, 2.75) is 12.1 Å². The van der Waals surface area contributed by atoms with Crippen LogP contribution in [0.1, 0.15) is 16.6 Å². The Morgan fingerprint density at radius 1 is 1.41 bits per heavy atom. The minimum atomic E-state index is -0.812. The van der Waals surface area contributed by atoms with Gasteiger partial charge in [-0.3, -0.25) is 14.8 Å². The molecule has 1 amide bonds. The first-order chi connectivity index (χ1) is 16.4. The zero-order valence-corrected chi connectivity index (χ0v) is 19.7. The number of cyclic esters (lactones) is 1. The number of ether oxygens (including phenoxy) is 2. The molecule has 0 spiro atoms. The van der Waals surface area contributed by atoms with E-state index in [1.54, 1.807) is 11.1 Å². The Morgan fingerprint density at radius 3 is 3.00 bits per heavy atom. The van der Waals surface area contributed by atoms with E-state index >= 15 is 0 Å². The molecule has 9 nitrogen and oxygen atoms in total. The normalized spacial score (nSPS) is 22.7. The number of aromatic nitrogens is 1. The van der Waals surface area contributed by atoms with Gasteiger partial charge in [-0.15, -0.1) is 11.3 Å². The van der Waals surface area contributed by atoms with Crippen molar-refractivity contribution in [1.29, 1.82) is 0 Å². The van der Waals surface area contributed by atoms with Gasteiger partial charge in [0.25, 0.3) is 0 Å². The predicted octanol–water partition coefficient (Wildman–Crippen LogP) is 2.59. The number of thiazole rings is 1. The number of benzene rings is 1. The third-order valence-corrected chi connectivity index (χ3v) is 7.11. The van der Waals surface area contributed by atoms with Gasteiger partial charge in [0.1, 0.15) is 18.5 Å².